The highest BCUT2D eigenvalue weighted by molar-refractivity contribution is 9.11. The van der Waals surface area contributed by atoms with Gasteiger partial charge in [-0.2, -0.15) is 0 Å². The van der Waals surface area contributed by atoms with Gasteiger partial charge >= 0.3 is 18.1 Å². The van der Waals surface area contributed by atoms with Crippen molar-refractivity contribution in [2.24, 2.45) is 17.8 Å². The van der Waals surface area contributed by atoms with Crippen LogP contribution in [0.1, 0.15) is 56.6 Å². The van der Waals surface area contributed by atoms with E-state index < -0.39 is 0 Å². The summed E-state index contributed by atoms with van der Waals surface area (Å²) in [5, 5.41) is 12.9. The number of amides is 4. The average Bonchev–Trinajstić information content (AvgIpc) is 3.34. The fraction of sp³-hybridized carbons (Fsp3) is 0.590. The predicted octanol–water partition coefficient (Wildman–Crippen LogP) is 6.53. The lowest BCUT2D eigenvalue weighted by Crippen LogP contribution is -2.50. The van der Waals surface area contributed by atoms with Crippen LogP contribution in [0.25, 0.3) is 0 Å². The summed E-state index contributed by atoms with van der Waals surface area (Å²) in [7, 11) is 2.83. The molecule has 0 bridgehead atoms. The van der Waals surface area contributed by atoms with Gasteiger partial charge in [0.1, 0.15) is 5.75 Å². The molecule has 0 radical (unpaired) electrons. The van der Waals surface area contributed by atoms with Crippen LogP contribution in [0.2, 0.25) is 0 Å². The zero-order valence-electron chi connectivity index (χ0n) is 31.0. The minimum Gasteiger partial charge on any atom is -0.506 e. The number of fused-ring (bicyclic) bond motifs is 1. The Bertz CT molecular complexity index is 1560. The topological polar surface area (TPSA) is 132 Å². The van der Waals surface area contributed by atoms with Gasteiger partial charge in [0.15, 0.2) is 0 Å². The Labute approximate surface area is 329 Å². The van der Waals surface area contributed by atoms with Crippen molar-refractivity contribution in [2.45, 2.75) is 64.3 Å². The Morgan fingerprint density at radius 3 is 2.04 bits per heavy atom. The first kappa shape index (κ1) is 40.8. The second-order valence-corrected chi connectivity index (χ2v) is 16.3. The summed E-state index contributed by atoms with van der Waals surface area (Å²) in [4.78, 5) is 56.3. The van der Waals surface area contributed by atoms with Gasteiger partial charge in [0.2, 0.25) is 5.91 Å². The lowest BCUT2D eigenvalue weighted by atomic mass is 9.78. The van der Waals surface area contributed by atoms with E-state index in [1.165, 1.54) is 19.8 Å². The molecule has 3 fully saturated rings. The number of para-hydroxylation sites is 1. The number of nitrogens with one attached hydrogen (secondary N) is 1. The molecule has 0 unspecified atom stereocenters. The van der Waals surface area contributed by atoms with Crippen molar-refractivity contribution in [1.29, 1.82) is 0 Å². The van der Waals surface area contributed by atoms with Gasteiger partial charge in [-0.1, -0.05) is 25.1 Å². The van der Waals surface area contributed by atoms with Crippen molar-refractivity contribution in [3.05, 3.63) is 56.5 Å². The van der Waals surface area contributed by atoms with Crippen LogP contribution in [0.5, 0.6) is 5.75 Å². The van der Waals surface area contributed by atoms with Crippen LogP contribution in [0.4, 0.5) is 15.3 Å². The number of halogens is 2. The Balaban J connectivity index is 0.000000216. The van der Waals surface area contributed by atoms with Gasteiger partial charge < -0.3 is 34.6 Å². The van der Waals surface area contributed by atoms with Crippen molar-refractivity contribution >= 4 is 61.5 Å². The van der Waals surface area contributed by atoms with Crippen molar-refractivity contribution in [2.75, 3.05) is 71.9 Å². The largest absolute Gasteiger partial charge is 0.506 e. The summed E-state index contributed by atoms with van der Waals surface area (Å²) in [5.74, 6) is 1.50. The second kappa shape index (κ2) is 19.3. The SMILES string of the molecule is COC(=O)CN1CCC(C2CCN(C(=O)[C@H](C)Cc3cc(Br)c(O)c(Br)c3)CC2)CC1.COC(=O)N1CCC(N2CCc3ccccc3NC2=O)CC1. The fourth-order valence-corrected chi connectivity index (χ4v) is 9.42. The van der Waals surface area contributed by atoms with Gasteiger partial charge in [-0.3, -0.25) is 14.5 Å². The molecule has 0 saturated carbocycles. The number of phenols is 1. The van der Waals surface area contributed by atoms with Crippen molar-refractivity contribution in [1.82, 2.24) is 19.6 Å². The molecule has 12 nitrogen and oxygen atoms in total. The number of nitrogens with zero attached hydrogens (tertiary/aromatic N) is 4. The van der Waals surface area contributed by atoms with Crippen LogP contribution in [0, 0.1) is 17.8 Å². The average molecular weight is 864 g/mol. The van der Waals surface area contributed by atoms with Gasteiger partial charge in [0.05, 0.1) is 29.7 Å². The molecule has 1 atom stereocenters. The molecule has 0 aromatic heterocycles. The summed E-state index contributed by atoms with van der Waals surface area (Å²) < 4.78 is 10.8. The van der Waals surface area contributed by atoms with E-state index in [9.17, 15) is 24.3 Å². The third-order valence-electron chi connectivity index (χ3n) is 11.3. The zero-order valence-corrected chi connectivity index (χ0v) is 34.2. The maximum Gasteiger partial charge on any atom is 0.409 e. The predicted molar refractivity (Wildman–Crippen MR) is 210 cm³/mol. The van der Waals surface area contributed by atoms with Crippen molar-refractivity contribution in [3.8, 4) is 5.75 Å². The summed E-state index contributed by atoms with van der Waals surface area (Å²) in [6.07, 6.45) is 7.17. The molecular formula is C39H53Br2N5O7. The van der Waals surface area contributed by atoms with Crippen LogP contribution in [0.3, 0.4) is 0 Å². The number of benzene rings is 2. The Hall–Kier alpha value is -3.36. The Morgan fingerprint density at radius 1 is 0.849 bits per heavy atom. The van der Waals surface area contributed by atoms with E-state index in [1.807, 2.05) is 47.1 Å². The first-order valence-electron chi connectivity index (χ1n) is 18.7. The first-order chi connectivity index (χ1) is 25.5. The zero-order chi connectivity index (χ0) is 38.1. The van der Waals surface area contributed by atoms with E-state index in [1.54, 1.807) is 4.90 Å². The van der Waals surface area contributed by atoms with Gasteiger partial charge in [-0.25, -0.2) is 9.59 Å². The molecule has 0 spiro atoms. The molecule has 2 aromatic carbocycles. The third-order valence-corrected chi connectivity index (χ3v) is 12.5. The molecular weight excluding hydrogens is 810 g/mol. The minimum atomic E-state index is -0.286. The van der Waals surface area contributed by atoms with Crippen LogP contribution >= 0.6 is 31.9 Å². The number of likely N-dealkylation sites (tertiary alicyclic amines) is 3. The number of hydrogen-bond acceptors (Lipinski definition) is 8. The molecule has 0 aliphatic carbocycles. The molecule has 2 aromatic rings. The molecule has 2 N–H and O–H groups in total. The monoisotopic (exact) mass is 861 g/mol. The van der Waals surface area contributed by atoms with Gasteiger partial charge in [-0.05, 0) is 137 Å². The van der Waals surface area contributed by atoms with E-state index in [0.717, 1.165) is 82.4 Å². The number of carbonyl (C=O) groups is 4. The van der Waals surface area contributed by atoms with Crippen LogP contribution < -0.4 is 5.32 Å². The molecule has 4 heterocycles. The summed E-state index contributed by atoms with van der Waals surface area (Å²) in [5.41, 5.74) is 3.10. The number of methoxy groups -OCH3 is 2. The number of phenolic OH excluding ortho intramolecular Hbond substituents is 1. The van der Waals surface area contributed by atoms with E-state index in [-0.39, 0.29) is 41.7 Å². The number of aromatic hydroxyl groups is 1. The van der Waals surface area contributed by atoms with Gasteiger partial charge in [0.25, 0.3) is 0 Å². The number of ether oxygens (including phenoxy) is 2. The summed E-state index contributed by atoms with van der Waals surface area (Å²) >= 11 is 6.72. The number of carbonyl (C=O) groups excluding carboxylic acids is 4. The first-order valence-corrected chi connectivity index (χ1v) is 20.3. The number of hydrogen-bond donors (Lipinski definition) is 2. The molecule has 4 aliphatic heterocycles. The van der Waals surface area contributed by atoms with Crippen molar-refractivity contribution in [3.63, 3.8) is 0 Å². The number of urea groups is 1. The maximum absolute atomic E-state index is 13.0. The van der Waals surface area contributed by atoms with E-state index in [4.69, 9.17) is 9.47 Å². The highest BCUT2D eigenvalue weighted by Crippen LogP contribution is 2.35. The second-order valence-electron chi connectivity index (χ2n) is 14.6. The molecule has 53 heavy (non-hydrogen) atoms. The standard InChI is InChI=1S/C23H32Br2N2O4.C16H21N3O3/c1-15(11-16-12-19(24)22(29)20(25)13-16)23(30)27-9-5-18(6-10-27)17-3-7-26(8-4-17)14-21(28)31-2;1-22-16(21)18-9-7-13(8-10-18)19-11-6-12-4-2-3-5-14(12)17-15(19)20/h12-13,15,17-18,29H,3-11,14H2,1-2H3;2-5,13H,6-11H2,1H3,(H,17,20)/t15-;/m1./s1. The minimum absolute atomic E-state index is 0.0403. The van der Waals surface area contributed by atoms with Gasteiger partial charge in [-0.15, -0.1) is 0 Å². The Kier molecular flexibility index (Phi) is 14.9. The molecule has 6 rings (SSSR count). The van der Waals surface area contributed by atoms with E-state index in [0.29, 0.717) is 53.4 Å². The van der Waals surface area contributed by atoms with Crippen molar-refractivity contribution < 1.29 is 33.8 Å². The number of esters is 1. The maximum atomic E-state index is 13.0. The lowest BCUT2D eigenvalue weighted by Gasteiger charge is -2.40. The molecule has 4 amide bonds. The number of piperidine rings is 3. The highest BCUT2D eigenvalue weighted by atomic mass is 79.9. The van der Waals surface area contributed by atoms with Crippen LogP contribution in [-0.2, 0) is 31.9 Å². The lowest BCUT2D eigenvalue weighted by molar-refractivity contribution is -0.142. The quantitative estimate of drug-likeness (QED) is 0.301. The molecule has 290 valence electrons. The Morgan fingerprint density at radius 2 is 1.43 bits per heavy atom. The van der Waals surface area contributed by atoms with E-state index >= 15 is 0 Å². The molecule has 14 heteroatoms. The van der Waals surface area contributed by atoms with Crippen LogP contribution in [-0.4, -0.2) is 121 Å². The smallest absolute Gasteiger partial charge is 0.409 e. The fourth-order valence-electron chi connectivity index (χ4n) is 8.14. The van der Waals surface area contributed by atoms with Crippen LogP contribution in [0.15, 0.2) is 45.3 Å². The normalized spacial score (nSPS) is 19.6. The van der Waals surface area contributed by atoms with E-state index in [2.05, 4.69) is 48.1 Å². The summed E-state index contributed by atoms with van der Waals surface area (Å²) in [6.45, 7) is 7.93. The number of rotatable bonds is 7. The highest BCUT2D eigenvalue weighted by Gasteiger charge is 2.33. The third kappa shape index (κ3) is 10.9. The number of anilines is 1. The summed E-state index contributed by atoms with van der Waals surface area (Å²) in [6, 6.07) is 11.8. The molecule has 3 saturated heterocycles. The van der Waals surface area contributed by atoms with Gasteiger partial charge in [0, 0.05) is 50.4 Å². The molecule has 4 aliphatic rings.